The zero-order valence-corrected chi connectivity index (χ0v) is 16.3. The van der Waals surface area contributed by atoms with Crippen LogP contribution < -0.4 is 0 Å². The first-order valence-electron chi connectivity index (χ1n) is 12.6. The fourth-order valence-corrected chi connectivity index (χ4v) is 3.38. The Morgan fingerprint density at radius 2 is 0.565 bits per heavy atom. The van der Waals surface area contributed by atoms with Gasteiger partial charge in [0.2, 0.25) is 0 Å². The Kier molecular flexibility index (Phi) is 17.0. The van der Waals surface area contributed by atoms with Gasteiger partial charge >= 0.3 is 0 Å². The minimum absolute atomic E-state index is 0.395. The van der Waals surface area contributed by atoms with Crippen LogP contribution in [0.2, 0.25) is 0 Å². The first-order valence-corrected chi connectivity index (χ1v) is 11.1. The lowest BCUT2D eigenvalue weighted by Gasteiger charge is -2.04. The largest absolute Gasteiger partial charge is 0.0654 e. The van der Waals surface area contributed by atoms with Crippen molar-refractivity contribution in [2.75, 3.05) is 0 Å². The van der Waals surface area contributed by atoms with Gasteiger partial charge in [-0.1, -0.05) is 149 Å². The molecule has 0 aliphatic heterocycles. The number of rotatable bonds is 20. The molecule has 0 radical (unpaired) electrons. The minimum atomic E-state index is -1.71. The predicted octanol–water partition coefficient (Wildman–Crippen LogP) is 9.22. The summed E-state index contributed by atoms with van der Waals surface area (Å²) in [5.41, 5.74) is 0. The molecule has 23 heavy (non-hydrogen) atoms. The van der Waals surface area contributed by atoms with Crippen molar-refractivity contribution in [3.63, 3.8) is 0 Å². The van der Waals surface area contributed by atoms with E-state index in [1.54, 1.807) is 0 Å². The highest BCUT2D eigenvalue weighted by molar-refractivity contribution is 4.50. The summed E-state index contributed by atoms with van der Waals surface area (Å²) in [6, 6.07) is 0. The third kappa shape index (κ3) is 22.0. The molecule has 0 bridgehead atoms. The molecule has 0 aromatic carbocycles. The molecule has 0 N–H and O–H groups in total. The lowest BCUT2D eigenvalue weighted by molar-refractivity contribution is 0.521. The van der Waals surface area contributed by atoms with Gasteiger partial charge in [0, 0.05) is 4.11 Å². The summed E-state index contributed by atoms with van der Waals surface area (Å²) >= 11 is 0. The molecule has 140 valence electrons. The van der Waals surface area contributed by atoms with Crippen LogP contribution in [0.15, 0.2) is 0 Å². The van der Waals surface area contributed by atoms with Crippen molar-refractivity contribution in [1.29, 1.82) is 0 Å². The lowest BCUT2D eigenvalue weighted by atomic mass is 10.0. The second-order valence-electron chi connectivity index (χ2n) is 7.47. The average Bonchev–Trinajstić information content (AvgIpc) is 2.59. The maximum atomic E-state index is 7.18. The quantitative estimate of drug-likeness (QED) is 0.195. The summed E-state index contributed by atoms with van der Waals surface area (Å²) in [5.74, 6) is 0. The Morgan fingerprint density at radius 1 is 0.348 bits per heavy atom. The van der Waals surface area contributed by atoms with Crippen LogP contribution in [0.25, 0.3) is 0 Å². The third-order valence-electron chi connectivity index (χ3n) is 5.03. The van der Waals surface area contributed by atoms with E-state index in [-0.39, 0.29) is 0 Å². The number of hydrogen-bond donors (Lipinski definition) is 0. The van der Waals surface area contributed by atoms with Crippen molar-refractivity contribution >= 4 is 0 Å². The van der Waals surface area contributed by atoms with Crippen LogP contribution in [0.1, 0.15) is 153 Å². The Balaban J connectivity index is 3.01. The fourth-order valence-electron chi connectivity index (χ4n) is 3.38. The van der Waals surface area contributed by atoms with E-state index in [1.807, 2.05) is 0 Å². The molecular weight excluding hydrogens is 276 g/mol. The summed E-state index contributed by atoms with van der Waals surface area (Å²) < 4.78 is 21.5. The highest BCUT2D eigenvalue weighted by Crippen LogP contribution is 2.14. The van der Waals surface area contributed by atoms with Crippen molar-refractivity contribution in [3.05, 3.63) is 0 Å². The molecule has 0 heterocycles. The number of unbranched alkanes of at least 4 members (excludes halogenated alkanes) is 19. The third-order valence-corrected chi connectivity index (χ3v) is 5.03. The molecule has 0 nitrogen and oxygen atoms in total. The molecule has 0 atom stereocenters. The van der Waals surface area contributed by atoms with Gasteiger partial charge in [-0.25, -0.2) is 0 Å². The van der Waals surface area contributed by atoms with E-state index in [1.165, 1.54) is 116 Å². The second-order valence-corrected chi connectivity index (χ2v) is 7.47. The standard InChI is InChI=1S/C23H48/c1-3-5-7-9-11-13-15-17-19-21-23-22-20-18-16-14-12-10-8-6-4-2/h3-23H2,1-2H3/i1D3. The Morgan fingerprint density at radius 3 is 0.783 bits per heavy atom. The van der Waals surface area contributed by atoms with Gasteiger partial charge in [0.15, 0.2) is 0 Å². The van der Waals surface area contributed by atoms with Crippen LogP contribution in [0, 0.1) is 0 Å². The van der Waals surface area contributed by atoms with Gasteiger partial charge in [-0.3, -0.25) is 0 Å². The van der Waals surface area contributed by atoms with Crippen molar-refractivity contribution in [2.24, 2.45) is 0 Å². The van der Waals surface area contributed by atoms with Crippen LogP contribution in [-0.4, -0.2) is 0 Å². The molecule has 0 aromatic heterocycles. The van der Waals surface area contributed by atoms with Gasteiger partial charge in [0.1, 0.15) is 0 Å². The zero-order chi connectivity index (χ0) is 19.3. The van der Waals surface area contributed by atoms with Crippen molar-refractivity contribution in [1.82, 2.24) is 0 Å². The lowest BCUT2D eigenvalue weighted by Crippen LogP contribution is -1.84. The van der Waals surface area contributed by atoms with E-state index < -0.39 is 6.85 Å². The normalized spacial score (nSPS) is 13.7. The van der Waals surface area contributed by atoms with E-state index >= 15 is 0 Å². The molecule has 0 spiro atoms. The monoisotopic (exact) mass is 327 g/mol. The van der Waals surface area contributed by atoms with E-state index in [0.29, 0.717) is 6.42 Å². The van der Waals surface area contributed by atoms with Crippen molar-refractivity contribution < 1.29 is 4.11 Å². The van der Waals surface area contributed by atoms with Gasteiger partial charge < -0.3 is 0 Å². The summed E-state index contributed by atoms with van der Waals surface area (Å²) in [5, 5.41) is 0. The highest BCUT2D eigenvalue weighted by atomic mass is 14.0. The molecule has 0 unspecified atom stereocenters. The van der Waals surface area contributed by atoms with Crippen LogP contribution in [-0.2, 0) is 0 Å². The van der Waals surface area contributed by atoms with Crippen molar-refractivity contribution in [3.8, 4) is 0 Å². The summed E-state index contributed by atoms with van der Waals surface area (Å²) in [4.78, 5) is 0. The van der Waals surface area contributed by atoms with E-state index in [0.717, 1.165) is 12.8 Å². The average molecular weight is 328 g/mol. The van der Waals surface area contributed by atoms with Crippen molar-refractivity contribution in [2.45, 2.75) is 149 Å². The number of hydrogen-bond acceptors (Lipinski definition) is 0. The zero-order valence-electron chi connectivity index (χ0n) is 19.3. The maximum absolute atomic E-state index is 7.18. The topological polar surface area (TPSA) is 0 Å². The van der Waals surface area contributed by atoms with Gasteiger partial charge in [0.25, 0.3) is 0 Å². The Hall–Kier alpha value is 0. The SMILES string of the molecule is [2H]C([2H])([2H])CCCCCCCCCCCCCCCCCCCCCC. The molecule has 0 rings (SSSR count). The molecule has 0 aliphatic carbocycles. The maximum Gasteiger partial charge on any atom is 0.0230 e. The summed E-state index contributed by atoms with van der Waals surface area (Å²) in [7, 11) is 0. The predicted molar refractivity (Wildman–Crippen MR) is 108 cm³/mol. The summed E-state index contributed by atoms with van der Waals surface area (Å²) in [6.07, 6.45) is 27.6. The minimum Gasteiger partial charge on any atom is -0.0654 e. The van der Waals surface area contributed by atoms with Crippen LogP contribution >= 0.6 is 0 Å². The molecule has 0 aliphatic rings. The molecule has 0 fully saturated rings. The molecule has 0 saturated heterocycles. The van der Waals surface area contributed by atoms with Gasteiger partial charge in [-0.15, -0.1) is 0 Å². The first kappa shape index (κ1) is 17.8. The molecule has 0 amide bonds. The molecular formula is C23H48. The van der Waals surface area contributed by atoms with Gasteiger partial charge in [0.05, 0.1) is 0 Å². The summed E-state index contributed by atoms with van der Waals surface area (Å²) in [6.45, 7) is 0.572. The Bertz CT molecular complexity index is 261. The highest BCUT2D eigenvalue weighted by Gasteiger charge is 1.95. The molecule has 0 heteroatoms. The first-order chi connectivity index (χ1) is 12.6. The second kappa shape index (κ2) is 22.0. The fraction of sp³-hybridized carbons (Fsp3) is 1.00. The van der Waals surface area contributed by atoms with E-state index in [2.05, 4.69) is 6.92 Å². The smallest absolute Gasteiger partial charge is 0.0230 e. The van der Waals surface area contributed by atoms with Gasteiger partial charge in [-0.2, -0.15) is 0 Å². The molecule has 0 aromatic rings. The van der Waals surface area contributed by atoms with E-state index in [4.69, 9.17) is 4.11 Å². The Labute approximate surface area is 153 Å². The van der Waals surface area contributed by atoms with Crippen LogP contribution in [0.3, 0.4) is 0 Å². The van der Waals surface area contributed by atoms with E-state index in [9.17, 15) is 0 Å². The van der Waals surface area contributed by atoms with Crippen LogP contribution in [0.4, 0.5) is 0 Å². The van der Waals surface area contributed by atoms with Crippen LogP contribution in [0.5, 0.6) is 0 Å². The molecule has 0 saturated carbocycles. The van der Waals surface area contributed by atoms with Gasteiger partial charge in [-0.05, 0) is 0 Å².